The predicted octanol–water partition coefficient (Wildman–Crippen LogP) is 5.13. The Morgan fingerprint density at radius 2 is 1.79 bits per heavy atom. The Kier molecular flexibility index (Phi) is 5.24. The van der Waals surface area contributed by atoms with Crippen LogP contribution in [0.5, 0.6) is 0 Å². The van der Waals surface area contributed by atoms with Crippen LogP contribution < -0.4 is 0 Å². The summed E-state index contributed by atoms with van der Waals surface area (Å²) in [4.78, 5) is 0. The van der Waals surface area contributed by atoms with Gasteiger partial charge >= 0.3 is 0 Å². The zero-order chi connectivity index (χ0) is 10.4. The molecular weight excluding hydrogens is 236 g/mol. The lowest BCUT2D eigenvalue weighted by molar-refractivity contribution is 0.561. The molecule has 0 bridgehead atoms. The second kappa shape index (κ2) is 6.23. The zero-order valence-electron chi connectivity index (χ0n) is 9.09. The van der Waals surface area contributed by atoms with Crippen LogP contribution in [-0.2, 0) is 0 Å². The van der Waals surface area contributed by atoms with E-state index in [1.165, 1.54) is 35.7 Å². The first-order chi connectivity index (χ1) is 6.77. The maximum Gasteiger partial charge on any atom is 0.0178 e. The average Bonchev–Trinajstić information content (AvgIpc) is 2.17. The van der Waals surface area contributed by atoms with Crippen molar-refractivity contribution in [2.75, 3.05) is 0 Å². The third-order valence-electron chi connectivity index (χ3n) is 2.59. The fraction of sp³-hybridized carbons (Fsp3) is 0.538. The molecule has 0 spiro atoms. The van der Waals surface area contributed by atoms with Gasteiger partial charge in [0.25, 0.3) is 0 Å². The van der Waals surface area contributed by atoms with E-state index in [2.05, 4.69) is 54.0 Å². The van der Waals surface area contributed by atoms with Gasteiger partial charge in [-0.15, -0.1) is 0 Å². The van der Waals surface area contributed by atoms with Crippen LogP contribution >= 0.6 is 15.9 Å². The van der Waals surface area contributed by atoms with Gasteiger partial charge in [0.2, 0.25) is 0 Å². The largest absolute Gasteiger partial charge is 0.0654 e. The maximum absolute atomic E-state index is 3.53. The molecule has 0 saturated carbocycles. The third-order valence-corrected chi connectivity index (χ3v) is 3.09. The molecule has 1 aromatic carbocycles. The van der Waals surface area contributed by atoms with Crippen molar-refractivity contribution in [3.8, 4) is 0 Å². The molecule has 1 aromatic rings. The van der Waals surface area contributed by atoms with Crippen LogP contribution in [0, 0.1) is 0 Å². The first kappa shape index (κ1) is 11.8. The number of hydrogen-bond acceptors (Lipinski definition) is 0. The smallest absolute Gasteiger partial charge is 0.0178 e. The summed E-state index contributed by atoms with van der Waals surface area (Å²) in [6, 6.07) is 8.74. The van der Waals surface area contributed by atoms with Crippen LogP contribution in [0.2, 0.25) is 0 Å². The number of benzene rings is 1. The summed E-state index contributed by atoms with van der Waals surface area (Å²) in [6.45, 7) is 4.53. The van der Waals surface area contributed by atoms with Gasteiger partial charge in [0.1, 0.15) is 0 Å². The molecule has 0 aliphatic carbocycles. The van der Waals surface area contributed by atoms with Crippen LogP contribution in [0.1, 0.15) is 51.0 Å². The molecule has 0 amide bonds. The monoisotopic (exact) mass is 254 g/mol. The van der Waals surface area contributed by atoms with Gasteiger partial charge in [-0.3, -0.25) is 0 Å². The van der Waals surface area contributed by atoms with Crippen molar-refractivity contribution in [3.05, 3.63) is 34.3 Å². The number of hydrogen-bond donors (Lipinski definition) is 0. The molecule has 0 radical (unpaired) electrons. The van der Waals surface area contributed by atoms with Gasteiger partial charge in [-0.05, 0) is 36.5 Å². The van der Waals surface area contributed by atoms with Crippen molar-refractivity contribution in [2.45, 2.75) is 45.4 Å². The highest BCUT2D eigenvalue weighted by atomic mass is 79.9. The van der Waals surface area contributed by atoms with Crippen molar-refractivity contribution < 1.29 is 0 Å². The molecule has 0 fully saturated rings. The molecule has 0 N–H and O–H groups in total. The minimum absolute atomic E-state index is 0.752. The third kappa shape index (κ3) is 3.45. The lowest BCUT2D eigenvalue weighted by Gasteiger charge is -2.15. The second-order valence-corrected chi connectivity index (χ2v) is 4.74. The molecule has 1 rings (SSSR count). The van der Waals surface area contributed by atoms with Crippen molar-refractivity contribution in [1.82, 2.24) is 0 Å². The quantitative estimate of drug-likeness (QED) is 0.683. The summed E-state index contributed by atoms with van der Waals surface area (Å²) in [7, 11) is 0. The van der Waals surface area contributed by atoms with Crippen LogP contribution in [0.25, 0.3) is 0 Å². The molecule has 0 aliphatic rings. The van der Waals surface area contributed by atoms with Gasteiger partial charge in [0.05, 0.1) is 0 Å². The summed E-state index contributed by atoms with van der Waals surface area (Å²) in [6.07, 6.45) is 5.17. The first-order valence-electron chi connectivity index (χ1n) is 5.53. The Morgan fingerprint density at radius 1 is 1.14 bits per heavy atom. The van der Waals surface area contributed by atoms with E-state index in [1.54, 1.807) is 0 Å². The molecule has 0 aliphatic heterocycles. The predicted molar refractivity (Wildman–Crippen MR) is 66.7 cm³/mol. The van der Waals surface area contributed by atoms with Gasteiger partial charge in [-0.25, -0.2) is 0 Å². The van der Waals surface area contributed by atoms with E-state index in [0.717, 1.165) is 5.92 Å². The van der Waals surface area contributed by atoms with E-state index >= 15 is 0 Å². The van der Waals surface area contributed by atoms with E-state index < -0.39 is 0 Å². The summed E-state index contributed by atoms with van der Waals surface area (Å²) in [5, 5.41) is 0. The molecule has 14 heavy (non-hydrogen) atoms. The lowest BCUT2D eigenvalue weighted by Crippen LogP contribution is -1.97. The molecular formula is C13H19Br. The molecule has 1 heteroatoms. The minimum atomic E-state index is 0.752. The molecule has 0 heterocycles. The molecule has 0 atom stereocenters. The van der Waals surface area contributed by atoms with Crippen molar-refractivity contribution in [2.24, 2.45) is 0 Å². The highest BCUT2D eigenvalue weighted by Gasteiger charge is 2.09. The Balaban J connectivity index is 2.75. The minimum Gasteiger partial charge on any atom is -0.0654 e. The Hall–Kier alpha value is -0.300. The Morgan fingerprint density at radius 3 is 2.29 bits per heavy atom. The maximum atomic E-state index is 3.53. The molecule has 0 aromatic heterocycles. The molecule has 78 valence electrons. The van der Waals surface area contributed by atoms with Gasteiger partial charge in [-0.2, -0.15) is 0 Å². The van der Waals surface area contributed by atoms with Crippen molar-refractivity contribution >= 4 is 15.9 Å². The SMILES string of the molecule is CCCC(CCC)c1cccc(Br)c1. The van der Waals surface area contributed by atoms with E-state index in [-0.39, 0.29) is 0 Å². The van der Waals surface area contributed by atoms with Gasteiger partial charge < -0.3 is 0 Å². The summed E-state index contributed by atoms with van der Waals surface area (Å²) in [5.41, 5.74) is 1.49. The lowest BCUT2D eigenvalue weighted by atomic mass is 9.91. The molecule has 0 unspecified atom stereocenters. The van der Waals surface area contributed by atoms with E-state index in [9.17, 15) is 0 Å². The summed E-state index contributed by atoms with van der Waals surface area (Å²) in [5.74, 6) is 0.752. The fourth-order valence-electron chi connectivity index (χ4n) is 1.94. The standard InChI is InChI=1S/C13H19Br/c1-3-6-11(7-4-2)12-8-5-9-13(14)10-12/h5,8-11H,3-4,6-7H2,1-2H3. The fourth-order valence-corrected chi connectivity index (χ4v) is 2.35. The van der Waals surface area contributed by atoms with Gasteiger partial charge in [0, 0.05) is 4.47 Å². The van der Waals surface area contributed by atoms with Crippen LogP contribution in [0.4, 0.5) is 0 Å². The van der Waals surface area contributed by atoms with Crippen molar-refractivity contribution in [1.29, 1.82) is 0 Å². The number of halogens is 1. The normalized spacial score (nSPS) is 10.9. The molecule has 0 nitrogen and oxygen atoms in total. The zero-order valence-corrected chi connectivity index (χ0v) is 10.7. The number of rotatable bonds is 5. The Labute approximate surface area is 95.9 Å². The van der Waals surface area contributed by atoms with E-state index in [0.29, 0.717) is 0 Å². The van der Waals surface area contributed by atoms with E-state index in [1.807, 2.05) is 0 Å². The van der Waals surface area contributed by atoms with Gasteiger partial charge in [0.15, 0.2) is 0 Å². The van der Waals surface area contributed by atoms with Crippen LogP contribution in [0.15, 0.2) is 28.7 Å². The van der Waals surface area contributed by atoms with Crippen LogP contribution in [-0.4, -0.2) is 0 Å². The molecule has 0 saturated heterocycles. The summed E-state index contributed by atoms with van der Waals surface area (Å²) >= 11 is 3.53. The van der Waals surface area contributed by atoms with Crippen molar-refractivity contribution in [3.63, 3.8) is 0 Å². The highest BCUT2D eigenvalue weighted by molar-refractivity contribution is 9.10. The topological polar surface area (TPSA) is 0 Å². The van der Waals surface area contributed by atoms with E-state index in [4.69, 9.17) is 0 Å². The highest BCUT2D eigenvalue weighted by Crippen LogP contribution is 2.27. The average molecular weight is 255 g/mol. The van der Waals surface area contributed by atoms with Gasteiger partial charge in [-0.1, -0.05) is 54.8 Å². The van der Waals surface area contributed by atoms with Crippen LogP contribution in [0.3, 0.4) is 0 Å². The summed E-state index contributed by atoms with van der Waals surface area (Å²) < 4.78 is 1.20. The Bertz CT molecular complexity index is 262. The first-order valence-corrected chi connectivity index (χ1v) is 6.32. The second-order valence-electron chi connectivity index (χ2n) is 3.83.